The van der Waals surface area contributed by atoms with Crippen LogP contribution >= 0.6 is 11.8 Å². The van der Waals surface area contributed by atoms with Crippen LogP contribution in [-0.2, 0) is 0 Å². The van der Waals surface area contributed by atoms with E-state index in [4.69, 9.17) is 4.42 Å². The number of hydrogen-bond acceptors (Lipinski definition) is 5. The van der Waals surface area contributed by atoms with Crippen LogP contribution < -0.4 is 5.32 Å². The zero-order valence-corrected chi connectivity index (χ0v) is 8.43. The Kier molecular flexibility index (Phi) is 2.85. The first-order valence-corrected chi connectivity index (χ1v) is 5.49. The molecule has 0 spiro atoms. The van der Waals surface area contributed by atoms with Crippen LogP contribution in [0.4, 0.5) is 0 Å². The van der Waals surface area contributed by atoms with Crippen LogP contribution in [0.5, 0.6) is 0 Å². The summed E-state index contributed by atoms with van der Waals surface area (Å²) in [6.07, 6.45) is 2.55. The summed E-state index contributed by atoms with van der Waals surface area (Å²) < 4.78 is 5.26. The van der Waals surface area contributed by atoms with Crippen molar-refractivity contribution in [1.29, 1.82) is 0 Å². The van der Waals surface area contributed by atoms with Gasteiger partial charge in [-0.05, 0) is 19.4 Å². The number of nitrogens with one attached hydrogen (secondary N) is 1. The van der Waals surface area contributed by atoms with E-state index in [0.717, 1.165) is 12.3 Å². The fourth-order valence-electron chi connectivity index (χ4n) is 1.41. The van der Waals surface area contributed by atoms with Crippen molar-refractivity contribution >= 4 is 11.8 Å². The van der Waals surface area contributed by atoms with Gasteiger partial charge in [-0.25, -0.2) is 0 Å². The van der Waals surface area contributed by atoms with Gasteiger partial charge in [-0.3, -0.25) is 0 Å². The molecule has 0 bridgehead atoms. The van der Waals surface area contributed by atoms with E-state index in [-0.39, 0.29) is 0 Å². The summed E-state index contributed by atoms with van der Waals surface area (Å²) >= 11 is 1.64. The van der Waals surface area contributed by atoms with Crippen molar-refractivity contribution in [2.75, 3.05) is 12.3 Å². The van der Waals surface area contributed by atoms with Crippen molar-refractivity contribution < 1.29 is 4.42 Å². The molecule has 0 saturated carbocycles. The Balaban J connectivity index is 1.78. The fourth-order valence-corrected chi connectivity index (χ4v) is 2.31. The van der Waals surface area contributed by atoms with E-state index in [1.807, 2.05) is 6.92 Å². The maximum Gasteiger partial charge on any atom is 0.276 e. The summed E-state index contributed by atoms with van der Waals surface area (Å²) in [4.78, 5) is 0. The minimum atomic E-state index is 0.622. The molecule has 1 unspecified atom stereocenters. The molecule has 72 valence electrons. The van der Waals surface area contributed by atoms with E-state index in [9.17, 15) is 0 Å². The zero-order valence-electron chi connectivity index (χ0n) is 7.62. The van der Waals surface area contributed by atoms with Crippen molar-refractivity contribution in [3.05, 3.63) is 5.89 Å². The highest BCUT2D eigenvalue weighted by atomic mass is 32.2. The molecule has 1 aliphatic heterocycles. The molecule has 1 saturated heterocycles. The van der Waals surface area contributed by atoms with Gasteiger partial charge in [0, 0.05) is 18.7 Å². The smallest absolute Gasteiger partial charge is 0.276 e. The molecule has 2 rings (SSSR count). The van der Waals surface area contributed by atoms with Crippen LogP contribution in [0.3, 0.4) is 0 Å². The Hall–Kier alpha value is -0.550. The summed E-state index contributed by atoms with van der Waals surface area (Å²) in [5.41, 5.74) is 0. The van der Waals surface area contributed by atoms with Crippen molar-refractivity contribution in [3.8, 4) is 0 Å². The van der Waals surface area contributed by atoms with Gasteiger partial charge in [-0.15, -0.1) is 10.2 Å². The second-order valence-corrected chi connectivity index (χ2v) is 4.16. The quantitative estimate of drug-likeness (QED) is 0.742. The van der Waals surface area contributed by atoms with Gasteiger partial charge in [0.1, 0.15) is 0 Å². The first kappa shape index (κ1) is 9.02. The first-order chi connectivity index (χ1) is 6.34. The van der Waals surface area contributed by atoms with Crippen LogP contribution in [0.15, 0.2) is 9.64 Å². The highest BCUT2D eigenvalue weighted by Gasteiger charge is 2.15. The van der Waals surface area contributed by atoms with Crippen LogP contribution in [0.1, 0.15) is 18.7 Å². The Labute approximate surface area is 81.5 Å². The standard InChI is InChI=1S/C8H13N3OS/c1-6-10-11-8(12-6)13-5-7-3-2-4-9-7/h7,9H,2-5H2,1H3. The summed E-state index contributed by atoms with van der Waals surface area (Å²) in [6.45, 7) is 2.96. The van der Waals surface area contributed by atoms with Gasteiger partial charge < -0.3 is 9.73 Å². The van der Waals surface area contributed by atoms with E-state index >= 15 is 0 Å². The number of thioether (sulfide) groups is 1. The molecule has 2 heterocycles. The highest BCUT2D eigenvalue weighted by molar-refractivity contribution is 7.99. The van der Waals surface area contributed by atoms with Crippen LogP contribution in [0.2, 0.25) is 0 Å². The number of rotatable bonds is 3. The molecule has 1 aromatic heterocycles. The van der Waals surface area contributed by atoms with Crippen LogP contribution in [0.25, 0.3) is 0 Å². The molecule has 4 nitrogen and oxygen atoms in total. The Morgan fingerprint density at radius 2 is 2.54 bits per heavy atom. The third kappa shape index (κ3) is 2.45. The summed E-state index contributed by atoms with van der Waals surface area (Å²) in [5, 5.41) is 11.8. The molecule has 1 aliphatic rings. The minimum Gasteiger partial charge on any atom is -0.416 e. The van der Waals surface area contributed by atoms with Crippen molar-refractivity contribution in [1.82, 2.24) is 15.5 Å². The normalized spacial score (nSPS) is 22.4. The molecule has 1 aromatic rings. The lowest BCUT2D eigenvalue weighted by molar-refractivity contribution is 0.429. The number of nitrogens with zero attached hydrogens (tertiary/aromatic N) is 2. The Morgan fingerprint density at radius 3 is 3.15 bits per heavy atom. The van der Waals surface area contributed by atoms with E-state index in [0.29, 0.717) is 17.2 Å². The van der Waals surface area contributed by atoms with Gasteiger partial charge in [-0.2, -0.15) is 0 Å². The van der Waals surface area contributed by atoms with Gasteiger partial charge in [0.2, 0.25) is 5.89 Å². The lowest BCUT2D eigenvalue weighted by Gasteiger charge is -2.05. The van der Waals surface area contributed by atoms with Crippen LogP contribution in [-0.4, -0.2) is 28.5 Å². The lowest BCUT2D eigenvalue weighted by Crippen LogP contribution is -2.23. The maximum atomic E-state index is 5.26. The number of aryl methyl sites for hydroxylation is 1. The Bertz CT molecular complexity index is 270. The second kappa shape index (κ2) is 4.11. The van der Waals surface area contributed by atoms with Crippen molar-refractivity contribution in [2.24, 2.45) is 0 Å². The number of aromatic nitrogens is 2. The molecule has 1 atom stereocenters. The molecule has 1 fully saturated rings. The third-order valence-corrected chi connectivity index (χ3v) is 3.06. The van der Waals surface area contributed by atoms with Crippen molar-refractivity contribution in [3.63, 3.8) is 0 Å². The average Bonchev–Trinajstić information content (AvgIpc) is 2.71. The third-order valence-electron chi connectivity index (χ3n) is 2.08. The largest absolute Gasteiger partial charge is 0.416 e. The van der Waals surface area contributed by atoms with E-state index < -0.39 is 0 Å². The SMILES string of the molecule is Cc1nnc(SCC2CCCN2)o1. The first-order valence-electron chi connectivity index (χ1n) is 4.51. The molecule has 0 aliphatic carbocycles. The van der Waals surface area contributed by atoms with Crippen LogP contribution in [0, 0.1) is 6.92 Å². The lowest BCUT2D eigenvalue weighted by atomic mass is 10.3. The number of hydrogen-bond donors (Lipinski definition) is 1. The molecule has 5 heteroatoms. The molecule has 0 radical (unpaired) electrons. The molecular formula is C8H13N3OS. The predicted molar refractivity (Wildman–Crippen MR) is 50.8 cm³/mol. The van der Waals surface area contributed by atoms with Gasteiger partial charge in [0.05, 0.1) is 0 Å². The average molecular weight is 199 g/mol. The van der Waals surface area contributed by atoms with E-state index in [1.54, 1.807) is 11.8 Å². The maximum absolute atomic E-state index is 5.26. The van der Waals surface area contributed by atoms with Gasteiger partial charge in [0.25, 0.3) is 5.22 Å². The van der Waals surface area contributed by atoms with Crippen molar-refractivity contribution in [2.45, 2.75) is 31.0 Å². The second-order valence-electron chi connectivity index (χ2n) is 3.19. The van der Waals surface area contributed by atoms with E-state index in [2.05, 4.69) is 15.5 Å². The summed E-state index contributed by atoms with van der Waals surface area (Å²) in [6, 6.07) is 0.622. The minimum absolute atomic E-state index is 0.622. The van der Waals surface area contributed by atoms with E-state index in [1.165, 1.54) is 12.8 Å². The van der Waals surface area contributed by atoms with Gasteiger partial charge in [-0.1, -0.05) is 11.8 Å². The monoisotopic (exact) mass is 199 g/mol. The fraction of sp³-hybridized carbons (Fsp3) is 0.750. The molecule has 13 heavy (non-hydrogen) atoms. The van der Waals surface area contributed by atoms with Gasteiger partial charge >= 0.3 is 0 Å². The highest BCUT2D eigenvalue weighted by Crippen LogP contribution is 2.19. The molecular weight excluding hydrogens is 186 g/mol. The molecule has 0 amide bonds. The molecule has 1 N–H and O–H groups in total. The topological polar surface area (TPSA) is 51.0 Å². The summed E-state index contributed by atoms with van der Waals surface area (Å²) in [7, 11) is 0. The molecule has 0 aromatic carbocycles. The summed E-state index contributed by atoms with van der Waals surface area (Å²) in [5.74, 6) is 1.67. The zero-order chi connectivity index (χ0) is 9.10. The predicted octanol–water partition coefficient (Wildman–Crippen LogP) is 1.22. The Morgan fingerprint density at radius 1 is 1.62 bits per heavy atom. The van der Waals surface area contributed by atoms with Gasteiger partial charge in [0.15, 0.2) is 0 Å².